The quantitative estimate of drug-likeness (QED) is 0.412. The molecule has 0 aliphatic heterocycles. The van der Waals surface area contributed by atoms with Gasteiger partial charge in [-0.15, -0.1) is 5.10 Å². The zero-order valence-corrected chi connectivity index (χ0v) is 17.4. The van der Waals surface area contributed by atoms with E-state index in [0.717, 1.165) is 0 Å². The fourth-order valence-electron chi connectivity index (χ4n) is 3.24. The van der Waals surface area contributed by atoms with E-state index in [2.05, 4.69) is 10.3 Å². The largest absolute Gasteiger partial charge is 0.545 e. The van der Waals surface area contributed by atoms with Crippen LogP contribution in [0.1, 0.15) is 16.1 Å². The van der Waals surface area contributed by atoms with Crippen LogP contribution in [-0.4, -0.2) is 41.0 Å². The zero-order valence-electron chi connectivity index (χ0n) is 16.6. The van der Waals surface area contributed by atoms with E-state index in [4.69, 9.17) is 9.47 Å². The molecule has 0 fully saturated rings. The number of aromatic carboxylic acids is 1. The Balaban J connectivity index is 1.62. The van der Waals surface area contributed by atoms with Crippen LogP contribution in [0.2, 0.25) is 0 Å². The number of hydrogen-bond acceptors (Lipinski definition) is 8. The maximum Gasteiger partial charge on any atom is 0.295 e. The Labute approximate surface area is 182 Å². The van der Waals surface area contributed by atoms with Crippen LogP contribution in [0.3, 0.4) is 0 Å². The second kappa shape index (κ2) is 8.29. The van der Waals surface area contributed by atoms with Gasteiger partial charge in [0.2, 0.25) is 0 Å². The van der Waals surface area contributed by atoms with Gasteiger partial charge in [-0.25, -0.2) is 4.68 Å². The minimum absolute atomic E-state index is 0.0159. The van der Waals surface area contributed by atoms with E-state index in [1.807, 2.05) is 0 Å². The first-order valence-electron chi connectivity index (χ1n) is 9.21. The van der Waals surface area contributed by atoms with E-state index in [1.165, 1.54) is 42.1 Å². The van der Waals surface area contributed by atoms with Crippen molar-refractivity contribution in [1.82, 2.24) is 15.0 Å². The van der Waals surface area contributed by atoms with Crippen LogP contribution in [0.5, 0.6) is 11.5 Å². The standard InChI is InChI=1S/C21H17N3O7S/c1-30-19-10-13(21(25)26)8-9-18(19)31-12-14-11-24(23-22-14)17-6-2-5-16-15(17)4-3-7-20(16)32(27,28)29/h2-11H,12H2,1H3,(H,25,26)(H,27,28,29)/p-1. The number of carbonyl (C=O) groups is 1. The highest BCUT2D eigenvalue weighted by Crippen LogP contribution is 2.29. The van der Waals surface area contributed by atoms with Crippen molar-refractivity contribution in [3.05, 3.63) is 72.1 Å². The summed E-state index contributed by atoms with van der Waals surface area (Å²) in [6.45, 7) is 0.0159. The maximum absolute atomic E-state index is 11.7. The molecule has 0 bridgehead atoms. The SMILES string of the molecule is COc1cc(C(=O)[O-])ccc1OCc1cn(-c2cccc3c(S(=O)(=O)O)cccc23)nn1. The van der Waals surface area contributed by atoms with Gasteiger partial charge >= 0.3 is 0 Å². The van der Waals surface area contributed by atoms with Crippen LogP contribution in [0, 0.1) is 0 Å². The van der Waals surface area contributed by atoms with Crippen LogP contribution in [-0.2, 0) is 16.7 Å². The van der Waals surface area contributed by atoms with Crippen LogP contribution in [0.15, 0.2) is 65.7 Å². The lowest BCUT2D eigenvalue weighted by molar-refractivity contribution is -0.255. The Morgan fingerprint density at radius 3 is 2.56 bits per heavy atom. The van der Waals surface area contributed by atoms with Crippen molar-refractivity contribution in [2.24, 2.45) is 0 Å². The van der Waals surface area contributed by atoms with Crippen molar-refractivity contribution in [2.75, 3.05) is 7.11 Å². The second-order valence-corrected chi connectivity index (χ2v) is 8.09. The third-order valence-corrected chi connectivity index (χ3v) is 5.61. The molecule has 0 radical (unpaired) electrons. The minimum Gasteiger partial charge on any atom is -0.545 e. The molecular formula is C21H16N3O7S-. The molecule has 1 aromatic heterocycles. The molecule has 0 saturated heterocycles. The first-order valence-corrected chi connectivity index (χ1v) is 10.6. The Kier molecular flexibility index (Phi) is 5.51. The number of carboxylic acids is 1. The number of nitrogens with zero attached hydrogens (tertiary/aromatic N) is 3. The van der Waals surface area contributed by atoms with Crippen molar-refractivity contribution in [2.45, 2.75) is 11.5 Å². The molecule has 0 aliphatic carbocycles. The predicted molar refractivity (Wildman–Crippen MR) is 110 cm³/mol. The molecule has 4 aromatic rings. The van der Waals surface area contributed by atoms with Crippen molar-refractivity contribution < 1.29 is 32.3 Å². The molecule has 1 heterocycles. The van der Waals surface area contributed by atoms with Crippen molar-refractivity contribution in [3.8, 4) is 17.2 Å². The van der Waals surface area contributed by atoms with Gasteiger partial charge in [0.15, 0.2) is 11.5 Å². The van der Waals surface area contributed by atoms with E-state index in [0.29, 0.717) is 27.9 Å². The summed E-state index contributed by atoms with van der Waals surface area (Å²) in [6, 6.07) is 13.6. The van der Waals surface area contributed by atoms with E-state index in [-0.39, 0.29) is 22.8 Å². The van der Waals surface area contributed by atoms with Gasteiger partial charge in [-0.3, -0.25) is 4.55 Å². The molecule has 0 aliphatic rings. The van der Waals surface area contributed by atoms with E-state index in [9.17, 15) is 22.9 Å². The molecule has 0 amide bonds. The van der Waals surface area contributed by atoms with Crippen LogP contribution >= 0.6 is 0 Å². The predicted octanol–water partition coefficient (Wildman–Crippen LogP) is 1.62. The number of carbonyl (C=O) groups excluding carboxylic acids is 1. The summed E-state index contributed by atoms with van der Waals surface area (Å²) in [6.07, 6.45) is 1.61. The van der Waals surface area contributed by atoms with Gasteiger partial charge in [-0.1, -0.05) is 29.5 Å². The van der Waals surface area contributed by atoms with E-state index >= 15 is 0 Å². The third-order valence-electron chi connectivity index (χ3n) is 4.70. The lowest BCUT2D eigenvalue weighted by atomic mass is 10.1. The average Bonchev–Trinajstić information content (AvgIpc) is 3.24. The highest BCUT2D eigenvalue weighted by Gasteiger charge is 2.16. The Hall–Kier alpha value is -3.96. The number of carboxylic acid groups (broad SMARTS) is 1. The summed E-state index contributed by atoms with van der Waals surface area (Å²) in [5.41, 5.74) is 0.974. The summed E-state index contributed by atoms with van der Waals surface area (Å²) < 4.78 is 45.2. The minimum atomic E-state index is -4.40. The molecule has 1 N–H and O–H groups in total. The smallest absolute Gasteiger partial charge is 0.295 e. The summed E-state index contributed by atoms with van der Waals surface area (Å²) in [7, 11) is -3.01. The highest BCUT2D eigenvalue weighted by atomic mass is 32.2. The first-order chi connectivity index (χ1) is 15.3. The van der Waals surface area contributed by atoms with Gasteiger partial charge < -0.3 is 19.4 Å². The number of aromatic nitrogens is 3. The fourth-order valence-corrected chi connectivity index (χ4v) is 3.94. The van der Waals surface area contributed by atoms with Crippen molar-refractivity contribution in [1.29, 1.82) is 0 Å². The van der Waals surface area contributed by atoms with Crippen molar-refractivity contribution >= 4 is 26.9 Å². The zero-order chi connectivity index (χ0) is 22.9. The van der Waals surface area contributed by atoms with Gasteiger partial charge in [0.05, 0.1) is 25.0 Å². The van der Waals surface area contributed by atoms with Crippen LogP contribution < -0.4 is 14.6 Å². The molecule has 0 atom stereocenters. The normalized spacial score (nSPS) is 11.4. The van der Waals surface area contributed by atoms with Crippen molar-refractivity contribution in [3.63, 3.8) is 0 Å². The molecule has 164 valence electrons. The lowest BCUT2D eigenvalue weighted by Crippen LogP contribution is -2.22. The summed E-state index contributed by atoms with van der Waals surface area (Å²) in [4.78, 5) is 10.8. The maximum atomic E-state index is 11.7. The number of methoxy groups -OCH3 is 1. The fraction of sp³-hybridized carbons (Fsp3) is 0.0952. The molecular weight excluding hydrogens is 438 g/mol. The Morgan fingerprint density at radius 1 is 1.09 bits per heavy atom. The third kappa shape index (κ3) is 4.11. The Bertz CT molecular complexity index is 1430. The van der Waals surface area contributed by atoms with Crippen LogP contribution in [0.25, 0.3) is 16.5 Å². The van der Waals surface area contributed by atoms with Gasteiger partial charge in [0, 0.05) is 16.3 Å². The molecule has 11 heteroatoms. The number of rotatable bonds is 7. The lowest BCUT2D eigenvalue weighted by Gasteiger charge is -2.11. The monoisotopic (exact) mass is 454 g/mol. The molecule has 4 rings (SSSR count). The molecule has 0 unspecified atom stereocenters. The van der Waals surface area contributed by atoms with Gasteiger partial charge in [0.1, 0.15) is 17.2 Å². The number of fused-ring (bicyclic) bond motifs is 1. The summed E-state index contributed by atoms with van der Waals surface area (Å²) in [5.74, 6) is -0.786. The second-order valence-electron chi connectivity index (χ2n) is 6.70. The average molecular weight is 454 g/mol. The number of ether oxygens (including phenoxy) is 2. The van der Waals surface area contributed by atoms with Gasteiger partial charge in [-0.05, 0) is 30.3 Å². The highest BCUT2D eigenvalue weighted by molar-refractivity contribution is 7.86. The number of hydrogen-bond donors (Lipinski definition) is 1. The number of benzene rings is 3. The first kappa shape index (κ1) is 21.3. The molecule has 32 heavy (non-hydrogen) atoms. The van der Waals surface area contributed by atoms with Gasteiger partial charge in [0.25, 0.3) is 10.1 Å². The van der Waals surface area contributed by atoms with E-state index < -0.39 is 16.1 Å². The molecule has 3 aromatic carbocycles. The van der Waals surface area contributed by atoms with E-state index in [1.54, 1.807) is 30.5 Å². The Morgan fingerprint density at radius 2 is 1.84 bits per heavy atom. The molecule has 0 spiro atoms. The van der Waals surface area contributed by atoms with Gasteiger partial charge in [-0.2, -0.15) is 8.42 Å². The topological polar surface area (TPSA) is 144 Å². The van der Waals surface area contributed by atoms with Crippen LogP contribution in [0.4, 0.5) is 0 Å². The summed E-state index contributed by atoms with van der Waals surface area (Å²) >= 11 is 0. The molecule has 0 saturated carbocycles. The molecule has 10 nitrogen and oxygen atoms in total. The summed E-state index contributed by atoms with van der Waals surface area (Å²) in [5, 5.41) is 20.0.